The molecule has 0 saturated heterocycles. The molecular formula is C16H12F2N2O. The van der Waals surface area contributed by atoms with E-state index in [1.54, 1.807) is 30.3 Å². The Labute approximate surface area is 119 Å². The lowest BCUT2D eigenvalue weighted by Gasteiger charge is -2.11. The highest BCUT2D eigenvalue weighted by Crippen LogP contribution is 2.30. The van der Waals surface area contributed by atoms with E-state index in [9.17, 15) is 13.6 Å². The number of nitrogens with one attached hydrogen (secondary N) is 1. The van der Waals surface area contributed by atoms with E-state index in [4.69, 9.17) is 0 Å². The zero-order valence-electron chi connectivity index (χ0n) is 11.2. The maximum atomic E-state index is 13.2. The van der Waals surface area contributed by atoms with E-state index in [-0.39, 0.29) is 11.1 Å². The third-order valence-electron chi connectivity index (χ3n) is 3.36. The number of H-pyrrole nitrogens is 1. The van der Waals surface area contributed by atoms with E-state index >= 15 is 0 Å². The van der Waals surface area contributed by atoms with Gasteiger partial charge in [0.05, 0.1) is 11.1 Å². The Morgan fingerprint density at radius 2 is 1.62 bits per heavy atom. The third kappa shape index (κ3) is 2.42. The van der Waals surface area contributed by atoms with Crippen molar-refractivity contribution in [1.82, 2.24) is 10.2 Å². The molecule has 0 aliphatic carbocycles. The van der Waals surface area contributed by atoms with Crippen molar-refractivity contribution in [3.8, 4) is 11.3 Å². The van der Waals surface area contributed by atoms with Crippen LogP contribution in [0, 0.1) is 0 Å². The van der Waals surface area contributed by atoms with Gasteiger partial charge in [0.15, 0.2) is 0 Å². The van der Waals surface area contributed by atoms with Crippen LogP contribution in [0.3, 0.4) is 0 Å². The van der Waals surface area contributed by atoms with Crippen LogP contribution in [0.4, 0.5) is 8.78 Å². The number of benzene rings is 2. The fraction of sp³-hybridized carbons (Fsp3) is 0.125. The van der Waals surface area contributed by atoms with Gasteiger partial charge in [-0.1, -0.05) is 42.5 Å². The SMILES string of the molecule is CC(F)(F)c1ccc(-c2n[nH]c(=O)c3ccccc23)cc1. The first-order chi connectivity index (χ1) is 9.97. The fourth-order valence-corrected chi connectivity index (χ4v) is 2.26. The minimum atomic E-state index is -2.88. The van der Waals surface area contributed by atoms with Gasteiger partial charge < -0.3 is 0 Å². The van der Waals surface area contributed by atoms with E-state index in [1.807, 2.05) is 6.07 Å². The van der Waals surface area contributed by atoms with Crippen molar-refractivity contribution in [2.24, 2.45) is 0 Å². The summed E-state index contributed by atoms with van der Waals surface area (Å²) in [5.41, 5.74) is 0.915. The highest BCUT2D eigenvalue weighted by molar-refractivity contribution is 5.93. The molecule has 0 aliphatic heterocycles. The Morgan fingerprint density at radius 1 is 1.00 bits per heavy atom. The van der Waals surface area contributed by atoms with Crippen molar-refractivity contribution < 1.29 is 8.78 Å². The molecule has 1 aromatic heterocycles. The number of hydrogen-bond donors (Lipinski definition) is 1. The predicted molar refractivity (Wildman–Crippen MR) is 77.4 cm³/mol. The summed E-state index contributed by atoms with van der Waals surface area (Å²) >= 11 is 0. The van der Waals surface area contributed by atoms with Crippen molar-refractivity contribution in [2.45, 2.75) is 12.8 Å². The van der Waals surface area contributed by atoms with Gasteiger partial charge in [-0.25, -0.2) is 13.9 Å². The summed E-state index contributed by atoms with van der Waals surface area (Å²) in [6, 6.07) is 13.0. The Hall–Kier alpha value is -2.56. The molecule has 0 bridgehead atoms. The summed E-state index contributed by atoms with van der Waals surface area (Å²) in [7, 11) is 0. The van der Waals surface area contributed by atoms with Gasteiger partial charge in [0.25, 0.3) is 11.5 Å². The molecule has 5 heteroatoms. The standard InChI is InChI=1S/C16H12F2N2O/c1-16(17,18)11-8-6-10(7-9-11)14-12-4-2-3-5-13(12)15(21)20-19-14/h2-9H,1H3,(H,20,21). The topological polar surface area (TPSA) is 45.8 Å². The highest BCUT2D eigenvalue weighted by Gasteiger charge is 2.23. The molecule has 0 aliphatic rings. The second-order valence-corrected chi connectivity index (χ2v) is 4.91. The van der Waals surface area contributed by atoms with Crippen LogP contribution in [0.2, 0.25) is 0 Å². The molecule has 3 nitrogen and oxygen atoms in total. The minimum absolute atomic E-state index is 0.0556. The Kier molecular flexibility index (Phi) is 3.05. The first-order valence-corrected chi connectivity index (χ1v) is 6.43. The summed E-state index contributed by atoms with van der Waals surface area (Å²) < 4.78 is 26.5. The van der Waals surface area contributed by atoms with Gasteiger partial charge in [0, 0.05) is 23.4 Å². The molecule has 3 aromatic rings. The summed E-state index contributed by atoms with van der Waals surface area (Å²) in [6.07, 6.45) is 0. The second-order valence-electron chi connectivity index (χ2n) is 4.91. The van der Waals surface area contributed by atoms with E-state index in [2.05, 4.69) is 10.2 Å². The Balaban J connectivity index is 2.17. The molecule has 3 rings (SSSR count). The van der Waals surface area contributed by atoms with Crippen LogP contribution in [0.25, 0.3) is 22.0 Å². The summed E-state index contributed by atoms with van der Waals surface area (Å²) in [6.45, 7) is 0.857. The summed E-state index contributed by atoms with van der Waals surface area (Å²) in [5.74, 6) is -2.88. The molecule has 106 valence electrons. The molecule has 1 heterocycles. The molecule has 0 unspecified atom stereocenters. The number of nitrogens with zero attached hydrogens (tertiary/aromatic N) is 1. The van der Waals surface area contributed by atoms with Gasteiger partial charge in [-0.15, -0.1) is 0 Å². The van der Waals surface area contributed by atoms with Crippen molar-refractivity contribution in [3.05, 3.63) is 64.4 Å². The zero-order chi connectivity index (χ0) is 15.0. The van der Waals surface area contributed by atoms with Gasteiger partial charge >= 0.3 is 0 Å². The fourth-order valence-electron chi connectivity index (χ4n) is 2.26. The number of hydrogen-bond acceptors (Lipinski definition) is 2. The number of halogens is 2. The predicted octanol–water partition coefficient (Wildman–Crippen LogP) is 3.70. The van der Waals surface area contributed by atoms with Crippen molar-refractivity contribution >= 4 is 10.8 Å². The average Bonchev–Trinajstić information content (AvgIpc) is 2.47. The normalized spacial score (nSPS) is 11.8. The highest BCUT2D eigenvalue weighted by atomic mass is 19.3. The number of alkyl halides is 2. The first kappa shape index (κ1) is 13.4. The number of aromatic amines is 1. The molecule has 0 radical (unpaired) electrons. The molecule has 1 N–H and O–H groups in total. The molecule has 0 spiro atoms. The molecule has 0 atom stereocenters. The zero-order valence-corrected chi connectivity index (χ0v) is 11.2. The average molecular weight is 286 g/mol. The van der Waals surface area contributed by atoms with Crippen LogP contribution >= 0.6 is 0 Å². The minimum Gasteiger partial charge on any atom is -0.267 e. The maximum absolute atomic E-state index is 13.2. The summed E-state index contributed by atoms with van der Waals surface area (Å²) in [4.78, 5) is 11.7. The molecule has 0 amide bonds. The van der Waals surface area contributed by atoms with Crippen molar-refractivity contribution in [2.75, 3.05) is 0 Å². The van der Waals surface area contributed by atoms with Crippen LogP contribution in [0.15, 0.2) is 53.3 Å². The largest absolute Gasteiger partial charge is 0.272 e. The van der Waals surface area contributed by atoms with Crippen LogP contribution in [0.1, 0.15) is 12.5 Å². The maximum Gasteiger partial charge on any atom is 0.272 e. The Bertz CT molecular complexity index is 849. The van der Waals surface area contributed by atoms with E-state index in [0.29, 0.717) is 22.0 Å². The number of rotatable bonds is 2. The quantitative estimate of drug-likeness (QED) is 0.780. The molecule has 0 fully saturated rings. The number of aromatic nitrogens is 2. The Morgan fingerprint density at radius 3 is 2.24 bits per heavy atom. The first-order valence-electron chi connectivity index (χ1n) is 6.43. The molecule has 2 aromatic carbocycles. The van der Waals surface area contributed by atoms with Crippen molar-refractivity contribution in [3.63, 3.8) is 0 Å². The van der Waals surface area contributed by atoms with Gasteiger partial charge in [0.2, 0.25) is 0 Å². The molecule has 0 saturated carbocycles. The monoisotopic (exact) mass is 286 g/mol. The van der Waals surface area contributed by atoms with Gasteiger partial charge in [0.1, 0.15) is 0 Å². The van der Waals surface area contributed by atoms with E-state index in [1.165, 1.54) is 12.1 Å². The van der Waals surface area contributed by atoms with E-state index < -0.39 is 5.92 Å². The second kappa shape index (κ2) is 4.77. The van der Waals surface area contributed by atoms with Crippen molar-refractivity contribution in [1.29, 1.82) is 0 Å². The molecular weight excluding hydrogens is 274 g/mol. The molecule has 21 heavy (non-hydrogen) atoms. The van der Waals surface area contributed by atoms with Crippen LogP contribution in [-0.2, 0) is 5.92 Å². The van der Waals surface area contributed by atoms with Crippen LogP contribution < -0.4 is 5.56 Å². The lowest BCUT2D eigenvalue weighted by molar-refractivity contribution is 0.0175. The van der Waals surface area contributed by atoms with Crippen LogP contribution in [0.5, 0.6) is 0 Å². The lowest BCUT2D eigenvalue weighted by atomic mass is 10.0. The smallest absolute Gasteiger partial charge is 0.267 e. The van der Waals surface area contributed by atoms with Gasteiger partial charge in [-0.2, -0.15) is 5.10 Å². The van der Waals surface area contributed by atoms with Gasteiger partial charge in [-0.3, -0.25) is 4.79 Å². The van der Waals surface area contributed by atoms with Gasteiger partial charge in [-0.05, 0) is 6.07 Å². The number of fused-ring (bicyclic) bond motifs is 1. The lowest BCUT2D eigenvalue weighted by Crippen LogP contribution is -2.09. The summed E-state index contributed by atoms with van der Waals surface area (Å²) in [5, 5.41) is 7.69. The van der Waals surface area contributed by atoms with Crippen LogP contribution in [-0.4, -0.2) is 10.2 Å². The van der Waals surface area contributed by atoms with E-state index in [0.717, 1.165) is 6.92 Å². The third-order valence-corrected chi connectivity index (χ3v) is 3.36.